The maximum absolute atomic E-state index is 12.0. The molecule has 0 aromatic heterocycles. The van der Waals surface area contributed by atoms with Crippen LogP contribution in [0.15, 0.2) is 29.8 Å². The highest BCUT2D eigenvalue weighted by Gasteiger charge is 2.25. The van der Waals surface area contributed by atoms with Crippen LogP contribution in [0.3, 0.4) is 0 Å². The zero-order valence-electron chi connectivity index (χ0n) is 13.5. The van der Waals surface area contributed by atoms with Crippen molar-refractivity contribution in [2.75, 3.05) is 27.3 Å². The van der Waals surface area contributed by atoms with Gasteiger partial charge in [-0.05, 0) is 39.5 Å². The number of carbonyl (C=O) groups is 1. The highest BCUT2D eigenvalue weighted by Crippen LogP contribution is 2.16. The van der Waals surface area contributed by atoms with E-state index in [1.807, 2.05) is 63.1 Å². The number of ether oxygens (including phenoxy) is 1. The van der Waals surface area contributed by atoms with Crippen molar-refractivity contribution in [3.05, 3.63) is 41.0 Å². The average molecular weight is 291 g/mol. The Kier molecular flexibility index (Phi) is 6.12. The molecule has 4 heteroatoms. The van der Waals surface area contributed by atoms with Crippen LogP contribution in [0.25, 0.3) is 6.08 Å². The summed E-state index contributed by atoms with van der Waals surface area (Å²) >= 11 is 0. The molecule has 116 valence electrons. The zero-order valence-corrected chi connectivity index (χ0v) is 13.5. The lowest BCUT2D eigenvalue weighted by Gasteiger charge is -2.34. The summed E-state index contributed by atoms with van der Waals surface area (Å²) in [6, 6.07) is 7.94. The van der Waals surface area contributed by atoms with Crippen molar-refractivity contribution in [2.24, 2.45) is 0 Å². The summed E-state index contributed by atoms with van der Waals surface area (Å²) in [5.74, 6) is -0.351. The van der Waals surface area contributed by atoms with Gasteiger partial charge in [-0.25, -0.2) is 4.79 Å². The second-order valence-corrected chi connectivity index (χ2v) is 5.90. The summed E-state index contributed by atoms with van der Waals surface area (Å²) in [5.41, 5.74) is 2.28. The molecule has 1 aromatic carbocycles. The van der Waals surface area contributed by atoms with Gasteiger partial charge in [0.15, 0.2) is 0 Å². The number of likely N-dealkylation sites (N-methyl/N-ethyl adjacent to an activating group) is 1. The third-order valence-corrected chi connectivity index (χ3v) is 3.69. The Hall–Kier alpha value is -1.65. The lowest BCUT2D eigenvalue weighted by atomic mass is 10.0. The minimum Gasteiger partial charge on any atom is -0.466 e. The van der Waals surface area contributed by atoms with Crippen LogP contribution in [0.4, 0.5) is 0 Å². The van der Waals surface area contributed by atoms with Gasteiger partial charge in [0, 0.05) is 12.1 Å². The van der Waals surface area contributed by atoms with E-state index in [1.165, 1.54) is 12.7 Å². The Balaban J connectivity index is 3.01. The number of hydrogen-bond acceptors (Lipinski definition) is 4. The average Bonchev–Trinajstić information content (AvgIpc) is 2.47. The van der Waals surface area contributed by atoms with Crippen LogP contribution in [-0.2, 0) is 9.53 Å². The Morgan fingerprint density at radius 2 is 1.90 bits per heavy atom. The predicted octanol–water partition coefficient (Wildman–Crippen LogP) is 2.25. The SMILES string of the molecule is COC(=O)/C(=C/c1ccc(C)cc1)CN(C)C(C)(C)CO. The molecular weight excluding hydrogens is 266 g/mol. The third-order valence-electron chi connectivity index (χ3n) is 3.69. The molecule has 0 heterocycles. The fraction of sp³-hybridized carbons (Fsp3) is 0.471. The molecule has 0 fully saturated rings. The van der Waals surface area contributed by atoms with Crippen LogP contribution in [0.5, 0.6) is 0 Å². The molecule has 0 bridgehead atoms. The minimum absolute atomic E-state index is 0.0164. The molecule has 4 nitrogen and oxygen atoms in total. The van der Waals surface area contributed by atoms with Crippen molar-refractivity contribution in [3.63, 3.8) is 0 Å². The van der Waals surface area contributed by atoms with Crippen LogP contribution in [-0.4, -0.2) is 48.8 Å². The number of nitrogens with zero attached hydrogens (tertiary/aromatic N) is 1. The number of aryl methyl sites for hydroxylation is 1. The van der Waals surface area contributed by atoms with Gasteiger partial charge in [-0.2, -0.15) is 0 Å². The van der Waals surface area contributed by atoms with Gasteiger partial charge in [-0.3, -0.25) is 4.90 Å². The van der Waals surface area contributed by atoms with E-state index in [-0.39, 0.29) is 12.6 Å². The Labute approximate surface area is 127 Å². The third kappa shape index (κ3) is 4.99. The first-order valence-corrected chi connectivity index (χ1v) is 6.98. The highest BCUT2D eigenvalue weighted by atomic mass is 16.5. The number of rotatable bonds is 6. The largest absolute Gasteiger partial charge is 0.466 e. The quantitative estimate of drug-likeness (QED) is 0.645. The van der Waals surface area contributed by atoms with E-state index in [9.17, 15) is 9.90 Å². The lowest BCUT2D eigenvalue weighted by molar-refractivity contribution is -0.136. The van der Waals surface area contributed by atoms with Crippen molar-refractivity contribution >= 4 is 12.0 Å². The molecule has 0 saturated heterocycles. The number of aliphatic hydroxyl groups is 1. The number of esters is 1. The number of hydrogen-bond donors (Lipinski definition) is 1. The van der Waals surface area contributed by atoms with Crippen LogP contribution in [0, 0.1) is 6.92 Å². The predicted molar refractivity (Wildman–Crippen MR) is 85.0 cm³/mol. The van der Waals surface area contributed by atoms with E-state index >= 15 is 0 Å². The highest BCUT2D eigenvalue weighted by molar-refractivity contribution is 5.94. The molecule has 0 amide bonds. The lowest BCUT2D eigenvalue weighted by Crippen LogP contribution is -2.45. The minimum atomic E-state index is -0.402. The van der Waals surface area contributed by atoms with Gasteiger partial charge in [0.2, 0.25) is 0 Å². The fourth-order valence-electron chi connectivity index (χ4n) is 1.75. The first-order chi connectivity index (χ1) is 9.80. The number of methoxy groups -OCH3 is 1. The van der Waals surface area contributed by atoms with E-state index in [1.54, 1.807) is 0 Å². The molecule has 1 rings (SSSR count). The van der Waals surface area contributed by atoms with Gasteiger partial charge in [-0.15, -0.1) is 0 Å². The van der Waals surface area contributed by atoms with E-state index in [4.69, 9.17) is 4.74 Å². The molecule has 0 radical (unpaired) electrons. The summed E-state index contributed by atoms with van der Waals surface area (Å²) in [6.45, 7) is 6.30. The molecule has 0 atom stereocenters. The molecular formula is C17H25NO3. The van der Waals surface area contributed by atoms with Crippen LogP contribution < -0.4 is 0 Å². The molecule has 0 unspecified atom stereocenters. The summed E-state index contributed by atoms with van der Waals surface area (Å²) in [6.07, 6.45) is 1.83. The van der Waals surface area contributed by atoms with Crippen LogP contribution in [0.1, 0.15) is 25.0 Å². The standard InChI is InChI=1S/C17H25NO3/c1-13-6-8-14(9-7-13)10-15(16(20)21-5)11-18(4)17(2,3)12-19/h6-10,19H,11-12H2,1-5H3/b15-10+. The van der Waals surface area contributed by atoms with Crippen molar-refractivity contribution in [3.8, 4) is 0 Å². The Bertz CT molecular complexity index is 503. The number of carbonyl (C=O) groups excluding carboxylic acids is 1. The van der Waals surface area contributed by atoms with Crippen LogP contribution in [0.2, 0.25) is 0 Å². The van der Waals surface area contributed by atoms with E-state index in [0.29, 0.717) is 12.1 Å². The normalized spacial score (nSPS) is 12.6. The molecule has 0 aliphatic carbocycles. The summed E-state index contributed by atoms with van der Waals surface area (Å²) < 4.78 is 4.86. The maximum atomic E-state index is 12.0. The molecule has 0 aliphatic heterocycles. The van der Waals surface area contributed by atoms with Gasteiger partial charge in [0.05, 0.1) is 19.3 Å². The second kappa shape index (κ2) is 7.38. The summed E-state index contributed by atoms with van der Waals surface area (Å²) in [7, 11) is 3.25. The smallest absolute Gasteiger partial charge is 0.335 e. The van der Waals surface area contributed by atoms with Gasteiger partial charge in [-0.1, -0.05) is 29.8 Å². The second-order valence-electron chi connectivity index (χ2n) is 5.90. The topological polar surface area (TPSA) is 49.8 Å². The van der Waals surface area contributed by atoms with Crippen LogP contribution >= 0.6 is 0 Å². The molecule has 1 aromatic rings. The number of benzene rings is 1. The first-order valence-electron chi connectivity index (χ1n) is 6.98. The molecule has 1 N–H and O–H groups in total. The van der Waals surface area contributed by atoms with Gasteiger partial charge >= 0.3 is 5.97 Å². The fourth-order valence-corrected chi connectivity index (χ4v) is 1.75. The van der Waals surface area contributed by atoms with Crippen molar-refractivity contribution in [2.45, 2.75) is 26.3 Å². The monoisotopic (exact) mass is 291 g/mol. The van der Waals surface area contributed by atoms with E-state index in [2.05, 4.69) is 0 Å². The van der Waals surface area contributed by atoms with Crippen molar-refractivity contribution in [1.82, 2.24) is 4.90 Å². The molecule has 0 spiro atoms. The van der Waals surface area contributed by atoms with Gasteiger partial charge in [0.1, 0.15) is 0 Å². The molecule has 0 saturated carbocycles. The molecule has 21 heavy (non-hydrogen) atoms. The maximum Gasteiger partial charge on any atom is 0.335 e. The van der Waals surface area contributed by atoms with Gasteiger partial charge in [0.25, 0.3) is 0 Å². The van der Waals surface area contributed by atoms with Crippen molar-refractivity contribution < 1.29 is 14.6 Å². The van der Waals surface area contributed by atoms with E-state index < -0.39 is 5.54 Å². The summed E-state index contributed by atoms with van der Waals surface area (Å²) in [4.78, 5) is 13.9. The first kappa shape index (κ1) is 17.4. The summed E-state index contributed by atoms with van der Waals surface area (Å²) in [5, 5.41) is 9.42. The van der Waals surface area contributed by atoms with E-state index in [0.717, 1.165) is 5.56 Å². The Morgan fingerprint density at radius 3 is 2.38 bits per heavy atom. The zero-order chi connectivity index (χ0) is 16.0. The van der Waals surface area contributed by atoms with Crippen molar-refractivity contribution in [1.29, 1.82) is 0 Å². The Morgan fingerprint density at radius 1 is 1.33 bits per heavy atom. The number of aliphatic hydroxyl groups excluding tert-OH is 1. The molecule has 0 aliphatic rings. The van der Waals surface area contributed by atoms with Gasteiger partial charge < -0.3 is 9.84 Å².